The molecule has 4 unspecified atom stereocenters. The Bertz CT molecular complexity index is 1730. The number of aliphatic hydroxyl groups excluding tert-OH is 1. The molecule has 0 bridgehead atoms. The molecule has 0 heterocycles. The summed E-state index contributed by atoms with van der Waals surface area (Å²) in [5, 5.41) is 10.6. The monoisotopic (exact) mass is 1280 g/mol. The summed E-state index contributed by atoms with van der Waals surface area (Å²) in [5.74, 6) is 0.827. The predicted octanol–water partition coefficient (Wildman–Crippen LogP) is 18.9. The molecule has 0 saturated carbocycles. The molecule has 0 aliphatic carbocycles. The van der Waals surface area contributed by atoms with Gasteiger partial charge in [-0.05, 0) is 49.4 Å². The average molecular weight is 1280 g/mol. The molecule has 19 heteroatoms. The smallest absolute Gasteiger partial charge is 0.462 e. The first kappa shape index (κ1) is 85.1. The van der Waals surface area contributed by atoms with E-state index < -0.39 is 97.5 Å². The van der Waals surface area contributed by atoms with Crippen LogP contribution in [0.1, 0.15) is 331 Å². The average Bonchev–Trinajstić information content (AvgIpc) is 3.69. The molecule has 17 nitrogen and oxygen atoms in total. The number of esters is 4. The number of carbonyl (C=O) groups excluding carboxylic acids is 4. The summed E-state index contributed by atoms with van der Waals surface area (Å²) in [4.78, 5) is 72.4. The summed E-state index contributed by atoms with van der Waals surface area (Å²) in [6.07, 6.45) is 39.1. The fourth-order valence-electron chi connectivity index (χ4n) is 10.1. The molecule has 0 aromatic heterocycles. The molecule has 87 heavy (non-hydrogen) atoms. The summed E-state index contributed by atoms with van der Waals surface area (Å²) in [7, 11) is -9.90. The topological polar surface area (TPSA) is 237 Å². The first-order chi connectivity index (χ1) is 41.7. The maximum absolute atomic E-state index is 13.0. The molecular weight excluding hydrogens is 1150 g/mol. The lowest BCUT2D eigenvalue weighted by Gasteiger charge is -2.21. The number of ether oxygens (including phenoxy) is 4. The Morgan fingerprint density at radius 3 is 0.816 bits per heavy atom. The SMILES string of the molecule is CCC(C)CCCCCCCCCCC(=O)OC[C@H](COP(=O)(O)OC[C@@H](O)COP(=O)(O)OC[C@@H](COC(=O)CCCCCCCCC(C)C)OC(=O)CCCCCCCCC(C)CC)OC(=O)CCCCCCCCCCCCCCCC(C)C. The van der Waals surface area contributed by atoms with E-state index >= 15 is 0 Å². The Labute approximate surface area is 530 Å². The summed E-state index contributed by atoms with van der Waals surface area (Å²) in [5.41, 5.74) is 0. The number of carbonyl (C=O) groups is 4. The maximum Gasteiger partial charge on any atom is 0.472 e. The maximum atomic E-state index is 13.0. The lowest BCUT2D eigenvalue weighted by Crippen LogP contribution is -2.30. The van der Waals surface area contributed by atoms with E-state index in [4.69, 9.17) is 37.0 Å². The van der Waals surface area contributed by atoms with Crippen molar-refractivity contribution < 1.29 is 80.2 Å². The third kappa shape index (κ3) is 60.1. The minimum absolute atomic E-state index is 0.101. The quantitative estimate of drug-likeness (QED) is 0.0222. The van der Waals surface area contributed by atoms with Crippen molar-refractivity contribution in [2.45, 2.75) is 350 Å². The Hall–Kier alpha value is -1.94. The highest BCUT2D eigenvalue weighted by molar-refractivity contribution is 7.47. The van der Waals surface area contributed by atoms with Gasteiger partial charge in [0.15, 0.2) is 12.2 Å². The van der Waals surface area contributed by atoms with Crippen LogP contribution in [0.15, 0.2) is 0 Å². The molecule has 0 radical (unpaired) electrons. The lowest BCUT2D eigenvalue weighted by molar-refractivity contribution is -0.161. The second kappa shape index (κ2) is 57.9. The van der Waals surface area contributed by atoms with Crippen molar-refractivity contribution in [3.8, 4) is 0 Å². The normalized spacial score (nSPS) is 15.0. The number of hydrogen-bond acceptors (Lipinski definition) is 15. The fraction of sp³-hybridized carbons (Fsp3) is 0.941. The zero-order valence-corrected chi connectivity index (χ0v) is 58.4. The summed E-state index contributed by atoms with van der Waals surface area (Å²) >= 11 is 0. The van der Waals surface area contributed by atoms with Gasteiger partial charge in [-0.25, -0.2) is 9.13 Å². The highest BCUT2D eigenvalue weighted by atomic mass is 31.2. The van der Waals surface area contributed by atoms with Crippen LogP contribution in [0.2, 0.25) is 0 Å². The van der Waals surface area contributed by atoms with Gasteiger partial charge < -0.3 is 33.8 Å². The van der Waals surface area contributed by atoms with E-state index in [0.717, 1.165) is 114 Å². The molecule has 0 fully saturated rings. The van der Waals surface area contributed by atoms with Gasteiger partial charge in [-0.3, -0.25) is 37.3 Å². The van der Waals surface area contributed by atoms with Gasteiger partial charge >= 0.3 is 39.5 Å². The van der Waals surface area contributed by atoms with Crippen molar-refractivity contribution in [3.05, 3.63) is 0 Å². The number of hydrogen-bond donors (Lipinski definition) is 3. The molecule has 0 spiro atoms. The van der Waals surface area contributed by atoms with Crippen molar-refractivity contribution in [1.29, 1.82) is 0 Å². The summed E-state index contributed by atoms with van der Waals surface area (Å²) < 4.78 is 68.1. The minimum Gasteiger partial charge on any atom is -0.462 e. The molecule has 0 aliphatic rings. The van der Waals surface area contributed by atoms with Crippen molar-refractivity contribution >= 4 is 39.5 Å². The number of unbranched alkanes of at least 4 members (excludes halogenated alkanes) is 29. The zero-order valence-electron chi connectivity index (χ0n) is 56.6. The van der Waals surface area contributed by atoms with E-state index in [1.165, 1.54) is 128 Å². The fourth-order valence-corrected chi connectivity index (χ4v) is 11.7. The van der Waals surface area contributed by atoms with Crippen LogP contribution in [-0.4, -0.2) is 96.7 Å². The van der Waals surface area contributed by atoms with E-state index in [0.29, 0.717) is 31.6 Å². The van der Waals surface area contributed by atoms with Gasteiger partial charge in [0.2, 0.25) is 0 Å². The first-order valence-corrected chi connectivity index (χ1v) is 38.3. The number of phosphoric acid groups is 2. The van der Waals surface area contributed by atoms with Crippen LogP contribution in [-0.2, 0) is 65.4 Å². The van der Waals surface area contributed by atoms with Crippen LogP contribution in [0.5, 0.6) is 0 Å². The largest absolute Gasteiger partial charge is 0.472 e. The van der Waals surface area contributed by atoms with Crippen LogP contribution in [0.3, 0.4) is 0 Å². The standard InChI is InChI=1S/C68H132O17P2/c1-9-60(7)46-38-30-21-18-19-22-32-40-48-65(70)78-54-63(84-67(72)50-42-34-23-17-15-13-11-12-14-16-20-28-36-44-58(3)4)56-82-86(74,75)80-52-62(69)53-81-87(76,77)83-57-64(55-79-66(71)49-41-33-26-24-29-37-45-59(5)6)85-68(73)51-43-35-27-25-31-39-47-61(8)10-2/h58-64,69H,9-57H2,1-8H3,(H,74,75)(H,76,77)/t60?,61?,62-,63-,64-/m1/s1. The van der Waals surface area contributed by atoms with Gasteiger partial charge in [-0.2, -0.15) is 0 Å². The Morgan fingerprint density at radius 2 is 0.552 bits per heavy atom. The molecule has 0 aromatic carbocycles. The lowest BCUT2D eigenvalue weighted by atomic mass is 9.99. The molecule has 0 saturated heterocycles. The molecule has 7 atom stereocenters. The van der Waals surface area contributed by atoms with Gasteiger partial charge in [0.05, 0.1) is 26.4 Å². The van der Waals surface area contributed by atoms with E-state index in [9.17, 15) is 43.2 Å². The third-order valence-electron chi connectivity index (χ3n) is 16.3. The van der Waals surface area contributed by atoms with Crippen molar-refractivity contribution in [2.75, 3.05) is 39.6 Å². The van der Waals surface area contributed by atoms with E-state index in [1.54, 1.807) is 0 Å². The molecule has 0 aliphatic heterocycles. The Morgan fingerprint density at radius 1 is 0.322 bits per heavy atom. The van der Waals surface area contributed by atoms with Crippen LogP contribution in [0.4, 0.5) is 0 Å². The van der Waals surface area contributed by atoms with Crippen LogP contribution < -0.4 is 0 Å². The van der Waals surface area contributed by atoms with Crippen molar-refractivity contribution in [3.63, 3.8) is 0 Å². The van der Waals surface area contributed by atoms with Crippen LogP contribution in [0.25, 0.3) is 0 Å². The van der Waals surface area contributed by atoms with E-state index in [-0.39, 0.29) is 25.7 Å². The molecule has 516 valence electrons. The van der Waals surface area contributed by atoms with Gasteiger partial charge in [0.1, 0.15) is 19.3 Å². The highest BCUT2D eigenvalue weighted by Gasteiger charge is 2.30. The van der Waals surface area contributed by atoms with Gasteiger partial charge in [-0.15, -0.1) is 0 Å². The van der Waals surface area contributed by atoms with Gasteiger partial charge in [-0.1, -0.05) is 280 Å². The van der Waals surface area contributed by atoms with Crippen LogP contribution in [0, 0.1) is 23.7 Å². The first-order valence-electron chi connectivity index (χ1n) is 35.3. The zero-order chi connectivity index (χ0) is 64.7. The van der Waals surface area contributed by atoms with Crippen molar-refractivity contribution in [2.24, 2.45) is 23.7 Å². The van der Waals surface area contributed by atoms with Gasteiger partial charge in [0.25, 0.3) is 0 Å². The van der Waals surface area contributed by atoms with E-state index in [2.05, 4.69) is 55.4 Å². The molecule has 3 N–H and O–H groups in total. The highest BCUT2D eigenvalue weighted by Crippen LogP contribution is 2.45. The molecule has 0 amide bonds. The third-order valence-corrected chi connectivity index (χ3v) is 18.2. The Balaban J connectivity index is 5.25. The number of aliphatic hydroxyl groups is 1. The van der Waals surface area contributed by atoms with Gasteiger partial charge in [0, 0.05) is 25.7 Å². The van der Waals surface area contributed by atoms with E-state index in [1.807, 2.05) is 0 Å². The van der Waals surface area contributed by atoms with Crippen LogP contribution >= 0.6 is 15.6 Å². The molecule has 0 aromatic rings. The number of rotatable bonds is 65. The molecular formula is C68H132O17P2. The summed E-state index contributed by atoms with van der Waals surface area (Å²) in [6.45, 7) is 14.0. The van der Waals surface area contributed by atoms with Crippen molar-refractivity contribution in [1.82, 2.24) is 0 Å². The second-order valence-corrected chi connectivity index (χ2v) is 28.9. The minimum atomic E-state index is -4.95. The Kier molecular flexibility index (Phi) is 56.6. The molecule has 0 rings (SSSR count). The second-order valence-electron chi connectivity index (χ2n) is 26.0. The predicted molar refractivity (Wildman–Crippen MR) is 349 cm³/mol. The summed E-state index contributed by atoms with van der Waals surface area (Å²) in [6, 6.07) is 0. The number of phosphoric ester groups is 2.